The maximum atomic E-state index is 11.6. The lowest BCUT2D eigenvalue weighted by Gasteiger charge is -2.29. The van der Waals surface area contributed by atoms with Gasteiger partial charge in [-0.25, -0.2) is 0 Å². The van der Waals surface area contributed by atoms with Crippen LogP contribution in [0.2, 0.25) is 0 Å². The molecule has 0 spiro atoms. The molecule has 0 radical (unpaired) electrons. The third-order valence-electron chi connectivity index (χ3n) is 2.78. The average molecular weight is 189 g/mol. The normalized spacial score (nSPS) is 15.6. The highest BCUT2D eigenvalue weighted by molar-refractivity contribution is 6.03. The first kappa shape index (κ1) is 9.25. The second kappa shape index (κ2) is 3.45. The monoisotopic (exact) mass is 189 g/mol. The number of fused-ring (bicyclic) bond motifs is 1. The third-order valence-corrected chi connectivity index (χ3v) is 2.78. The average Bonchev–Trinajstić information content (AvgIpc) is 2.18. The molecule has 0 aromatic heterocycles. The van der Waals surface area contributed by atoms with Crippen LogP contribution in [-0.2, 0) is 0 Å². The van der Waals surface area contributed by atoms with Gasteiger partial charge in [0.05, 0.1) is 0 Å². The van der Waals surface area contributed by atoms with Crippen molar-refractivity contribution < 1.29 is 4.79 Å². The molecule has 74 valence electrons. The molecule has 0 saturated carbocycles. The number of anilines is 1. The molecule has 1 aliphatic heterocycles. The second-order valence-corrected chi connectivity index (χ2v) is 3.77. The van der Waals surface area contributed by atoms with E-state index in [9.17, 15) is 4.79 Å². The predicted octanol–water partition coefficient (Wildman–Crippen LogP) is 2.41. The minimum absolute atomic E-state index is 0.282. The number of carbonyl (C=O) groups excluding carboxylic acids is 1. The van der Waals surface area contributed by atoms with Crippen LogP contribution in [0.3, 0.4) is 0 Å². The molecule has 1 heterocycles. The molecular weight excluding hydrogens is 174 g/mol. The molecular formula is C12H15NO. The van der Waals surface area contributed by atoms with Gasteiger partial charge in [0.2, 0.25) is 0 Å². The van der Waals surface area contributed by atoms with Crippen molar-refractivity contribution in [3.63, 3.8) is 0 Å². The highest BCUT2D eigenvalue weighted by atomic mass is 16.1. The minimum atomic E-state index is 0.282. The van der Waals surface area contributed by atoms with Crippen molar-refractivity contribution >= 4 is 11.5 Å². The summed E-state index contributed by atoms with van der Waals surface area (Å²) in [6, 6.07) is 6.07. The fraction of sp³-hybridized carbons (Fsp3) is 0.417. The van der Waals surface area contributed by atoms with E-state index in [4.69, 9.17) is 0 Å². The fourth-order valence-electron chi connectivity index (χ4n) is 1.96. The van der Waals surface area contributed by atoms with E-state index in [1.54, 1.807) is 0 Å². The Bertz CT molecular complexity index is 371. The standard InChI is InChI=1S/C12H15NO/c1-3-13-7-6-12(14)10-5-4-9(2)8-11(10)13/h4-5,8H,3,6-7H2,1-2H3. The first-order valence-electron chi connectivity index (χ1n) is 5.11. The van der Waals surface area contributed by atoms with Crippen LogP contribution >= 0.6 is 0 Å². The molecule has 2 nitrogen and oxygen atoms in total. The number of nitrogens with zero attached hydrogens (tertiary/aromatic N) is 1. The topological polar surface area (TPSA) is 20.3 Å². The van der Waals surface area contributed by atoms with Crippen molar-refractivity contribution in [3.05, 3.63) is 29.3 Å². The van der Waals surface area contributed by atoms with E-state index >= 15 is 0 Å². The Balaban J connectivity index is 2.51. The molecule has 2 rings (SSSR count). The third kappa shape index (κ3) is 1.41. The lowest BCUT2D eigenvalue weighted by Crippen LogP contribution is -2.31. The number of rotatable bonds is 1. The van der Waals surface area contributed by atoms with E-state index in [2.05, 4.69) is 24.8 Å². The van der Waals surface area contributed by atoms with Gasteiger partial charge in [-0.1, -0.05) is 6.07 Å². The van der Waals surface area contributed by atoms with Gasteiger partial charge in [-0.05, 0) is 31.5 Å². The van der Waals surface area contributed by atoms with Crippen LogP contribution in [0, 0.1) is 6.92 Å². The highest BCUT2D eigenvalue weighted by Gasteiger charge is 2.21. The second-order valence-electron chi connectivity index (χ2n) is 3.77. The van der Waals surface area contributed by atoms with Crippen LogP contribution in [-0.4, -0.2) is 18.9 Å². The van der Waals surface area contributed by atoms with Crippen LogP contribution in [0.25, 0.3) is 0 Å². The van der Waals surface area contributed by atoms with Crippen LogP contribution in [0.4, 0.5) is 5.69 Å². The smallest absolute Gasteiger partial charge is 0.166 e. The molecule has 0 saturated heterocycles. The molecule has 0 unspecified atom stereocenters. The van der Waals surface area contributed by atoms with Crippen molar-refractivity contribution in [2.45, 2.75) is 20.3 Å². The number of hydrogen-bond donors (Lipinski definition) is 0. The van der Waals surface area contributed by atoms with Crippen LogP contribution in [0.15, 0.2) is 18.2 Å². The molecule has 2 heteroatoms. The maximum absolute atomic E-state index is 11.6. The van der Waals surface area contributed by atoms with Gasteiger partial charge in [-0.15, -0.1) is 0 Å². The molecule has 0 N–H and O–H groups in total. The van der Waals surface area contributed by atoms with Gasteiger partial charge in [0, 0.05) is 30.8 Å². The van der Waals surface area contributed by atoms with Gasteiger partial charge < -0.3 is 4.90 Å². The van der Waals surface area contributed by atoms with E-state index in [1.165, 1.54) is 5.56 Å². The Kier molecular flexibility index (Phi) is 2.28. The Morgan fingerprint density at radius 3 is 2.93 bits per heavy atom. The summed E-state index contributed by atoms with van der Waals surface area (Å²) in [6.07, 6.45) is 0.657. The summed E-state index contributed by atoms with van der Waals surface area (Å²) in [7, 11) is 0. The van der Waals surface area contributed by atoms with Crippen molar-refractivity contribution in [1.82, 2.24) is 0 Å². The molecule has 0 amide bonds. The Hall–Kier alpha value is -1.31. The molecule has 14 heavy (non-hydrogen) atoms. The number of hydrogen-bond acceptors (Lipinski definition) is 2. The summed E-state index contributed by atoms with van der Waals surface area (Å²) >= 11 is 0. The largest absolute Gasteiger partial charge is 0.371 e. The Morgan fingerprint density at radius 2 is 2.21 bits per heavy atom. The predicted molar refractivity (Wildman–Crippen MR) is 58.0 cm³/mol. The lowest BCUT2D eigenvalue weighted by atomic mass is 9.99. The van der Waals surface area contributed by atoms with E-state index in [1.807, 2.05) is 12.1 Å². The number of ketones is 1. The summed E-state index contributed by atoms with van der Waals surface area (Å²) < 4.78 is 0. The van der Waals surface area contributed by atoms with Crippen LogP contribution in [0.5, 0.6) is 0 Å². The molecule has 1 aromatic carbocycles. The Labute approximate surface area is 84.5 Å². The molecule has 1 aromatic rings. The fourth-order valence-corrected chi connectivity index (χ4v) is 1.96. The zero-order valence-electron chi connectivity index (χ0n) is 8.71. The summed E-state index contributed by atoms with van der Waals surface area (Å²) in [5.74, 6) is 0.282. The van der Waals surface area contributed by atoms with E-state index in [0.717, 1.165) is 24.3 Å². The van der Waals surface area contributed by atoms with E-state index < -0.39 is 0 Å². The molecule has 0 aliphatic carbocycles. The van der Waals surface area contributed by atoms with Crippen molar-refractivity contribution in [2.24, 2.45) is 0 Å². The Morgan fingerprint density at radius 1 is 1.43 bits per heavy atom. The zero-order chi connectivity index (χ0) is 10.1. The maximum Gasteiger partial charge on any atom is 0.166 e. The van der Waals surface area contributed by atoms with Crippen molar-refractivity contribution in [3.8, 4) is 0 Å². The molecule has 1 aliphatic rings. The number of aryl methyl sites for hydroxylation is 1. The zero-order valence-corrected chi connectivity index (χ0v) is 8.71. The number of carbonyl (C=O) groups is 1. The van der Waals surface area contributed by atoms with E-state index in [0.29, 0.717) is 6.42 Å². The quantitative estimate of drug-likeness (QED) is 0.676. The number of benzene rings is 1. The van der Waals surface area contributed by atoms with E-state index in [-0.39, 0.29) is 5.78 Å². The van der Waals surface area contributed by atoms with Gasteiger partial charge in [0.15, 0.2) is 5.78 Å². The number of Topliss-reactive ketones (excluding diaryl/α,β-unsaturated/α-hetero) is 1. The van der Waals surface area contributed by atoms with Gasteiger partial charge in [0.25, 0.3) is 0 Å². The first-order valence-corrected chi connectivity index (χ1v) is 5.11. The summed E-state index contributed by atoms with van der Waals surface area (Å²) in [4.78, 5) is 13.9. The molecule has 0 fully saturated rings. The molecule has 0 bridgehead atoms. The minimum Gasteiger partial charge on any atom is -0.371 e. The van der Waals surface area contributed by atoms with Crippen molar-refractivity contribution in [1.29, 1.82) is 0 Å². The lowest BCUT2D eigenvalue weighted by molar-refractivity contribution is 0.0980. The SMILES string of the molecule is CCN1CCC(=O)c2ccc(C)cc21. The first-order chi connectivity index (χ1) is 6.72. The summed E-state index contributed by atoms with van der Waals surface area (Å²) in [6.45, 7) is 6.03. The van der Waals surface area contributed by atoms with Gasteiger partial charge in [-0.3, -0.25) is 4.79 Å². The van der Waals surface area contributed by atoms with Gasteiger partial charge in [0.1, 0.15) is 0 Å². The highest BCUT2D eigenvalue weighted by Crippen LogP contribution is 2.27. The summed E-state index contributed by atoms with van der Waals surface area (Å²) in [5.41, 5.74) is 3.23. The van der Waals surface area contributed by atoms with Gasteiger partial charge in [-0.2, -0.15) is 0 Å². The van der Waals surface area contributed by atoms with Crippen LogP contribution < -0.4 is 4.90 Å². The van der Waals surface area contributed by atoms with Crippen molar-refractivity contribution in [2.75, 3.05) is 18.0 Å². The summed E-state index contributed by atoms with van der Waals surface area (Å²) in [5, 5.41) is 0. The van der Waals surface area contributed by atoms with Crippen LogP contribution in [0.1, 0.15) is 29.3 Å². The molecule has 0 atom stereocenters. The van der Waals surface area contributed by atoms with Gasteiger partial charge >= 0.3 is 0 Å².